The number of rotatable bonds is 5. The molecule has 0 fully saturated rings. The molecule has 4 N–H and O–H groups in total. The van der Waals surface area contributed by atoms with Gasteiger partial charge >= 0.3 is 5.97 Å². The van der Waals surface area contributed by atoms with Crippen molar-refractivity contribution in [3.8, 4) is 0 Å². The molecule has 0 saturated carbocycles. The van der Waals surface area contributed by atoms with Crippen LogP contribution in [0.4, 0.5) is 5.82 Å². The van der Waals surface area contributed by atoms with E-state index in [0.29, 0.717) is 17.1 Å². The maximum atomic E-state index is 11.3. The van der Waals surface area contributed by atoms with Gasteiger partial charge in [0, 0.05) is 11.8 Å². The Kier molecular flexibility index (Phi) is 4.59. The first-order valence-electron chi connectivity index (χ1n) is 6.27. The molecular weight excluding hydrogens is 292 g/mol. The number of aryl methyl sites for hydroxylation is 1. The minimum absolute atomic E-state index is 0.101. The van der Waals surface area contributed by atoms with Crippen LogP contribution in [-0.2, 0) is 6.42 Å². The molecule has 110 valence electrons. The first kappa shape index (κ1) is 15.0. The van der Waals surface area contributed by atoms with Gasteiger partial charge in [0.2, 0.25) is 0 Å². The SMILES string of the molecule is CCCc1cc(C(=O)O)cc(Sc2nc(N)cc(=O)[nH]2)n1. The lowest BCUT2D eigenvalue weighted by Gasteiger charge is -2.06. The fraction of sp³-hybridized carbons (Fsp3) is 0.231. The molecule has 0 unspecified atom stereocenters. The number of aromatic amines is 1. The Bertz CT molecular complexity index is 730. The van der Waals surface area contributed by atoms with Gasteiger partial charge in [-0.3, -0.25) is 4.79 Å². The van der Waals surface area contributed by atoms with E-state index in [1.54, 1.807) is 6.07 Å². The Balaban J connectivity index is 2.38. The van der Waals surface area contributed by atoms with Gasteiger partial charge in [0.15, 0.2) is 5.16 Å². The highest BCUT2D eigenvalue weighted by atomic mass is 32.2. The summed E-state index contributed by atoms with van der Waals surface area (Å²) in [4.78, 5) is 33.3. The van der Waals surface area contributed by atoms with Gasteiger partial charge in [-0.15, -0.1) is 0 Å². The number of carboxylic acids is 1. The summed E-state index contributed by atoms with van der Waals surface area (Å²) < 4.78 is 0. The number of aromatic carboxylic acids is 1. The number of H-pyrrole nitrogens is 1. The van der Waals surface area contributed by atoms with E-state index in [1.807, 2.05) is 6.92 Å². The Labute approximate surface area is 124 Å². The highest BCUT2D eigenvalue weighted by Gasteiger charge is 2.10. The second kappa shape index (κ2) is 6.40. The number of anilines is 1. The molecule has 7 nitrogen and oxygen atoms in total. The lowest BCUT2D eigenvalue weighted by Crippen LogP contribution is -2.09. The van der Waals surface area contributed by atoms with Crippen molar-refractivity contribution in [3.05, 3.63) is 39.8 Å². The first-order chi connectivity index (χ1) is 9.97. The van der Waals surface area contributed by atoms with Crippen LogP contribution in [0.25, 0.3) is 0 Å². The number of nitrogens with zero attached hydrogens (tertiary/aromatic N) is 2. The standard InChI is InChI=1S/C13H14N4O3S/c1-2-3-8-4-7(12(19)20)5-11(15-8)21-13-16-9(14)6-10(18)17-13/h4-6H,2-3H2,1H3,(H,19,20)(H3,14,16,17,18). The monoisotopic (exact) mass is 306 g/mol. The predicted octanol–water partition coefficient (Wildman–Crippen LogP) is 1.55. The van der Waals surface area contributed by atoms with Crippen LogP contribution < -0.4 is 11.3 Å². The third kappa shape index (κ3) is 4.06. The van der Waals surface area contributed by atoms with Gasteiger partial charge in [-0.1, -0.05) is 13.3 Å². The van der Waals surface area contributed by atoms with Crippen LogP contribution in [0, 0.1) is 0 Å². The molecule has 0 bridgehead atoms. The second-order valence-electron chi connectivity index (χ2n) is 4.32. The number of carbonyl (C=O) groups is 1. The van der Waals surface area contributed by atoms with Crippen LogP contribution in [-0.4, -0.2) is 26.0 Å². The molecule has 21 heavy (non-hydrogen) atoms. The van der Waals surface area contributed by atoms with Crippen LogP contribution in [0.5, 0.6) is 0 Å². The van der Waals surface area contributed by atoms with Gasteiger partial charge < -0.3 is 15.8 Å². The molecule has 2 rings (SSSR count). The van der Waals surface area contributed by atoms with Crippen molar-refractivity contribution in [1.82, 2.24) is 15.0 Å². The molecular formula is C13H14N4O3S. The normalized spacial score (nSPS) is 10.5. The third-order valence-corrected chi connectivity index (χ3v) is 3.35. The maximum absolute atomic E-state index is 11.3. The minimum atomic E-state index is -1.02. The number of pyridine rings is 1. The van der Waals surface area contributed by atoms with Crippen LogP contribution in [0.2, 0.25) is 0 Å². The van der Waals surface area contributed by atoms with E-state index in [9.17, 15) is 9.59 Å². The summed E-state index contributed by atoms with van der Waals surface area (Å²) in [7, 11) is 0. The number of hydrogen-bond donors (Lipinski definition) is 3. The summed E-state index contributed by atoms with van der Waals surface area (Å²) in [6.45, 7) is 1.98. The molecule has 0 aromatic carbocycles. The molecule has 0 saturated heterocycles. The largest absolute Gasteiger partial charge is 0.478 e. The number of carboxylic acid groups (broad SMARTS) is 1. The quantitative estimate of drug-likeness (QED) is 0.716. The number of nitrogens with two attached hydrogens (primary N) is 1. The van der Waals surface area contributed by atoms with E-state index in [4.69, 9.17) is 10.8 Å². The van der Waals surface area contributed by atoms with Crippen molar-refractivity contribution in [1.29, 1.82) is 0 Å². The summed E-state index contributed by atoms with van der Waals surface area (Å²) in [5, 5.41) is 9.85. The smallest absolute Gasteiger partial charge is 0.335 e. The van der Waals surface area contributed by atoms with Gasteiger partial charge in [-0.25, -0.2) is 14.8 Å². The summed E-state index contributed by atoms with van der Waals surface area (Å²) in [6.07, 6.45) is 1.53. The maximum Gasteiger partial charge on any atom is 0.335 e. The fourth-order valence-electron chi connectivity index (χ4n) is 1.72. The molecule has 2 heterocycles. The number of hydrogen-bond acceptors (Lipinski definition) is 6. The molecule has 0 aliphatic carbocycles. The number of nitrogen functional groups attached to an aromatic ring is 1. The van der Waals surface area contributed by atoms with Crippen molar-refractivity contribution in [2.45, 2.75) is 29.9 Å². The van der Waals surface area contributed by atoms with Crippen molar-refractivity contribution in [2.24, 2.45) is 0 Å². The van der Waals surface area contributed by atoms with E-state index >= 15 is 0 Å². The van der Waals surface area contributed by atoms with Gasteiger partial charge in [-0.2, -0.15) is 0 Å². The average molecular weight is 306 g/mol. The van der Waals surface area contributed by atoms with Crippen LogP contribution in [0.3, 0.4) is 0 Å². The Morgan fingerprint density at radius 1 is 1.38 bits per heavy atom. The van der Waals surface area contributed by atoms with Crippen molar-refractivity contribution >= 4 is 23.5 Å². The zero-order valence-corrected chi connectivity index (χ0v) is 12.1. The second-order valence-corrected chi connectivity index (χ2v) is 5.33. The molecule has 0 atom stereocenters. The van der Waals surface area contributed by atoms with Crippen LogP contribution in [0.1, 0.15) is 29.4 Å². The van der Waals surface area contributed by atoms with Gasteiger partial charge in [0.25, 0.3) is 5.56 Å². The predicted molar refractivity (Wildman–Crippen MR) is 78.6 cm³/mol. The Hall–Kier alpha value is -2.35. The van der Waals surface area contributed by atoms with Crippen LogP contribution in [0.15, 0.2) is 33.2 Å². The zero-order chi connectivity index (χ0) is 15.4. The molecule has 8 heteroatoms. The summed E-state index contributed by atoms with van der Waals surface area (Å²) in [5.41, 5.74) is 5.98. The number of aromatic nitrogens is 3. The van der Waals surface area contributed by atoms with Crippen molar-refractivity contribution < 1.29 is 9.90 Å². The highest BCUT2D eigenvalue weighted by molar-refractivity contribution is 7.99. The highest BCUT2D eigenvalue weighted by Crippen LogP contribution is 2.24. The topological polar surface area (TPSA) is 122 Å². The molecule has 0 spiro atoms. The van der Waals surface area contributed by atoms with E-state index in [2.05, 4.69) is 15.0 Å². The Morgan fingerprint density at radius 2 is 2.14 bits per heavy atom. The third-order valence-electron chi connectivity index (χ3n) is 2.55. The van der Waals surface area contributed by atoms with Gasteiger partial charge in [-0.05, 0) is 30.3 Å². The van der Waals surface area contributed by atoms with E-state index < -0.39 is 5.97 Å². The van der Waals surface area contributed by atoms with Crippen LogP contribution >= 0.6 is 11.8 Å². The zero-order valence-electron chi connectivity index (χ0n) is 11.3. The summed E-state index contributed by atoms with van der Waals surface area (Å²) in [5.74, 6) is -0.921. The molecule has 0 aliphatic heterocycles. The van der Waals surface area contributed by atoms with Crippen molar-refractivity contribution in [2.75, 3.05) is 5.73 Å². The van der Waals surface area contributed by atoms with Gasteiger partial charge in [0.05, 0.1) is 5.56 Å². The molecule has 0 amide bonds. The van der Waals surface area contributed by atoms with Gasteiger partial charge in [0.1, 0.15) is 10.8 Å². The molecule has 0 aliphatic rings. The lowest BCUT2D eigenvalue weighted by atomic mass is 10.2. The summed E-state index contributed by atoms with van der Waals surface area (Å²) in [6, 6.07) is 4.16. The first-order valence-corrected chi connectivity index (χ1v) is 7.08. The Morgan fingerprint density at radius 3 is 2.76 bits per heavy atom. The average Bonchev–Trinajstić information content (AvgIpc) is 2.37. The van der Waals surface area contributed by atoms with Crippen molar-refractivity contribution in [3.63, 3.8) is 0 Å². The van der Waals surface area contributed by atoms with E-state index in [0.717, 1.165) is 18.2 Å². The minimum Gasteiger partial charge on any atom is -0.478 e. The fourth-order valence-corrected chi connectivity index (χ4v) is 2.57. The summed E-state index contributed by atoms with van der Waals surface area (Å²) >= 11 is 1.07. The molecule has 2 aromatic heterocycles. The van der Waals surface area contributed by atoms with E-state index in [1.165, 1.54) is 12.1 Å². The lowest BCUT2D eigenvalue weighted by molar-refractivity contribution is 0.0696. The molecule has 0 radical (unpaired) electrons. The van der Waals surface area contributed by atoms with E-state index in [-0.39, 0.29) is 22.1 Å². The molecule has 2 aromatic rings. The number of nitrogens with one attached hydrogen (secondary N) is 1.